The van der Waals surface area contributed by atoms with Gasteiger partial charge in [0.25, 0.3) is 5.91 Å². The van der Waals surface area contributed by atoms with E-state index in [1.165, 1.54) is 16.9 Å². The summed E-state index contributed by atoms with van der Waals surface area (Å²) in [5.41, 5.74) is 7.53. The van der Waals surface area contributed by atoms with E-state index in [9.17, 15) is 4.79 Å². The van der Waals surface area contributed by atoms with Gasteiger partial charge in [0.05, 0.1) is 9.88 Å². The molecule has 3 N–H and O–H groups in total. The van der Waals surface area contributed by atoms with E-state index in [1.54, 1.807) is 12.1 Å². The Morgan fingerprint density at radius 3 is 2.44 bits per heavy atom. The molecule has 0 aliphatic rings. The molecule has 0 atom stereocenters. The van der Waals surface area contributed by atoms with Crippen molar-refractivity contribution in [3.05, 3.63) is 46.8 Å². The first kappa shape index (κ1) is 10.7. The number of benzene rings is 1. The average molecular weight is 232 g/mol. The highest BCUT2D eigenvalue weighted by molar-refractivity contribution is 7.17. The van der Waals surface area contributed by atoms with Gasteiger partial charge in [-0.25, -0.2) is 0 Å². The van der Waals surface area contributed by atoms with Crippen LogP contribution in [0.25, 0.3) is 0 Å². The summed E-state index contributed by atoms with van der Waals surface area (Å²) in [6.07, 6.45) is 0. The number of aryl methyl sites for hydroxylation is 1. The first-order chi connectivity index (χ1) is 7.65. The molecule has 0 aliphatic carbocycles. The predicted molar refractivity (Wildman–Crippen MR) is 67.9 cm³/mol. The predicted octanol–water partition coefficient (Wildman–Crippen LogP) is 2.89. The monoisotopic (exact) mass is 232 g/mol. The molecular weight excluding hydrogens is 220 g/mol. The number of hydrogen-bond donors (Lipinski definition) is 2. The quantitative estimate of drug-likeness (QED) is 0.836. The highest BCUT2D eigenvalue weighted by Crippen LogP contribution is 2.19. The molecule has 1 aromatic heterocycles. The molecule has 0 saturated carbocycles. The zero-order valence-corrected chi connectivity index (χ0v) is 9.67. The first-order valence-electron chi connectivity index (χ1n) is 4.88. The number of carbonyl (C=O) groups is 1. The molecule has 1 heterocycles. The highest BCUT2D eigenvalue weighted by atomic mass is 32.1. The number of thiophene rings is 1. The molecular formula is C12H12N2OS. The van der Waals surface area contributed by atoms with Crippen LogP contribution in [0.2, 0.25) is 0 Å². The van der Waals surface area contributed by atoms with Crippen molar-refractivity contribution in [3.8, 4) is 0 Å². The second-order valence-electron chi connectivity index (χ2n) is 3.52. The molecule has 0 bridgehead atoms. The fourth-order valence-electron chi connectivity index (χ4n) is 1.30. The van der Waals surface area contributed by atoms with E-state index in [-0.39, 0.29) is 5.91 Å². The molecule has 2 aromatic rings. The molecule has 2 rings (SSSR count). The van der Waals surface area contributed by atoms with Crippen molar-refractivity contribution in [1.29, 1.82) is 0 Å². The molecule has 0 aliphatic heterocycles. The number of nitrogens with two attached hydrogens (primary N) is 1. The van der Waals surface area contributed by atoms with Crippen molar-refractivity contribution in [3.63, 3.8) is 0 Å². The summed E-state index contributed by atoms with van der Waals surface area (Å²) in [4.78, 5) is 12.4. The van der Waals surface area contributed by atoms with Crippen LogP contribution in [-0.4, -0.2) is 5.91 Å². The number of rotatable bonds is 2. The minimum absolute atomic E-state index is 0.120. The van der Waals surface area contributed by atoms with Crippen LogP contribution < -0.4 is 11.1 Å². The lowest BCUT2D eigenvalue weighted by molar-refractivity contribution is 0.103. The Morgan fingerprint density at radius 1 is 1.19 bits per heavy atom. The van der Waals surface area contributed by atoms with Crippen molar-refractivity contribution in [2.75, 3.05) is 11.1 Å². The SMILES string of the molecule is Cc1ccc(NC(=O)c2ccc(N)s2)cc1. The van der Waals surface area contributed by atoms with E-state index in [0.717, 1.165) is 5.69 Å². The topological polar surface area (TPSA) is 55.1 Å². The van der Waals surface area contributed by atoms with Crippen LogP contribution in [0.1, 0.15) is 15.2 Å². The van der Waals surface area contributed by atoms with E-state index in [0.29, 0.717) is 9.88 Å². The maximum atomic E-state index is 11.8. The molecule has 0 fully saturated rings. The Bertz CT molecular complexity index is 502. The molecule has 0 radical (unpaired) electrons. The first-order valence-corrected chi connectivity index (χ1v) is 5.70. The molecule has 4 heteroatoms. The fraction of sp³-hybridized carbons (Fsp3) is 0.0833. The summed E-state index contributed by atoms with van der Waals surface area (Å²) in [6.45, 7) is 2.01. The molecule has 0 spiro atoms. The summed E-state index contributed by atoms with van der Waals surface area (Å²) >= 11 is 1.28. The molecule has 16 heavy (non-hydrogen) atoms. The number of nitrogen functional groups attached to an aromatic ring is 1. The van der Waals surface area contributed by atoms with Gasteiger partial charge in [0.1, 0.15) is 0 Å². The maximum Gasteiger partial charge on any atom is 0.265 e. The van der Waals surface area contributed by atoms with Gasteiger partial charge < -0.3 is 11.1 Å². The summed E-state index contributed by atoms with van der Waals surface area (Å²) in [5, 5.41) is 3.46. The Kier molecular flexibility index (Phi) is 2.92. The van der Waals surface area contributed by atoms with Crippen molar-refractivity contribution in [2.45, 2.75) is 6.92 Å². The molecule has 82 valence electrons. The normalized spacial score (nSPS) is 10.1. The lowest BCUT2D eigenvalue weighted by Gasteiger charge is -2.03. The third-order valence-corrected chi connectivity index (χ3v) is 3.07. The van der Waals surface area contributed by atoms with Gasteiger partial charge in [0.15, 0.2) is 0 Å². The van der Waals surface area contributed by atoms with Gasteiger partial charge in [-0.3, -0.25) is 4.79 Å². The van der Waals surface area contributed by atoms with Gasteiger partial charge in [-0.1, -0.05) is 17.7 Å². The lowest BCUT2D eigenvalue weighted by Crippen LogP contribution is -2.09. The minimum Gasteiger partial charge on any atom is -0.391 e. The van der Waals surface area contributed by atoms with Crippen LogP contribution >= 0.6 is 11.3 Å². The number of hydrogen-bond acceptors (Lipinski definition) is 3. The molecule has 0 saturated heterocycles. The van der Waals surface area contributed by atoms with E-state index in [2.05, 4.69) is 5.32 Å². The third kappa shape index (κ3) is 2.41. The largest absolute Gasteiger partial charge is 0.391 e. The van der Waals surface area contributed by atoms with Crippen molar-refractivity contribution < 1.29 is 4.79 Å². The van der Waals surface area contributed by atoms with Crippen LogP contribution in [0, 0.1) is 6.92 Å². The zero-order chi connectivity index (χ0) is 11.5. The maximum absolute atomic E-state index is 11.8. The Hall–Kier alpha value is -1.81. The second kappa shape index (κ2) is 4.37. The van der Waals surface area contributed by atoms with Gasteiger partial charge in [0, 0.05) is 5.69 Å². The van der Waals surface area contributed by atoms with E-state index in [1.807, 2.05) is 31.2 Å². The number of amides is 1. The van der Waals surface area contributed by atoms with Gasteiger partial charge in [0.2, 0.25) is 0 Å². The van der Waals surface area contributed by atoms with Gasteiger partial charge >= 0.3 is 0 Å². The van der Waals surface area contributed by atoms with Crippen LogP contribution in [-0.2, 0) is 0 Å². The van der Waals surface area contributed by atoms with Crippen LogP contribution in [0.3, 0.4) is 0 Å². The third-order valence-electron chi connectivity index (χ3n) is 2.16. The molecule has 1 aromatic carbocycles. The van der Waals surface area contributed by atoms with Gasteiger partial charge in [-0.05, 0) is 31.2 Å². The molecule has 0 unspecified atom stereocenters. The second-order valence-corrected chi connectivity index (χ2v) is 4.64. The van der Waals surface area contributed by atoms with Gasteiger partial charge in [-0.2, -0.15) is 0 Å². The van der Waals surface area contributed by atoms with E-state index < -0.39 is 0 Å². The van der Waals surface area contributed by atoms with Crippen molar-refractivity contribution >= 4 is 27.9 Å². The number of nitrogens with one attached hydrogen (secondary N) is 1. The van der Waals surface area contributed by atoms with Crippen molar-refractivity contribution in [1.82, 2.24) is 0 Å². The van der Waals surface area contributed by atoms with Crippen molar-refractivity contribution in [2.24, 2.45) is 0 Å². The zero-order valence-electron chi connectivity index (χ0n) is 8.86. The molecule has 1 amide bonds. The summed E-state index contributed by atoms with van der Waals surface area (Å²) in [5.74, 6) is -0.120. The Morgan fingerprint density at radius 2 is 1.88 bits per heavy atom. The fourth-order valence-corrected chi connectivity index (χ4v) is 1.97. The van der Waals surface area contributed by atoms with Crippen LogP contribution in [0.15, 0.2) is 36.4 Å². The lowest BCUT2D eigenvalue weighted by atomic mass is 10.2. The minimum atomic E-state index is -0.120. The Labute approximate surface area is 97.9 Å². The van der Waals surface area contributed by atoms with Gasteiger partial charge in [-0.15, -0.1) is 11.3 Å². The van der Waals surface area contributed by atoms with Crippen LogP contribution in [0.4, 0.5) is 10.7 Å². The number of anilines is 2. The molecule has 3 nitrogen and oxygen atoms in total. The van der Waals surface area contributed by atoms with E-state index >= 15 is 0 Å². The number of carbonyl (C=O) groups excluding carboxylic acids is 1. The van der Waals surface area contributed by atoms with E-state index in [4.69, 9.17) is 5.73 Å². The average Bonchev–Trinajstić information content (AvgIpc) is 2.68. The Balaban J connectivity index is 2.10. The summed E-state index contributed by atoms with van der Waals surface area (Å²) < 4.78 is 0. The summed E-state index contributed by atoms with van der Waals surface area (Å²) in [6, 6.07) is 11.1. The van der Waals surface area contributed by atoms with Crippen LogP contribution in [0.5, 0.6) is 0 Å². The summed E-state index contributed by atoms with van der Waals surface area (Å²) in [7, 11) is 0. The highest BCUT2D eigenvalue weighted by Gasteiger charge is 2.07. The smallest absolute Gasteiger partial charge is 0.265 e. The standard InChI is InChI=1S/C12H12N2OS/c1-8-2-4-9(5-3-8)14-12(15)10-6-7-11(13)16-10/h2-7H,13H2,1H3,(H,14,15).